The first-order chi connectivity index (χ1) is 8.36. The molecule has 0 saturated heterocycles. The van der Waals surface area contributed by atoms with E-state index in [1.807, 2.05) is 6.07 Å². The zero-order chi connectivity index (χ0) is 11.7. The van der Waals surface area contributed by atoms with E-state index in [1.165, 1.54) is 11.8 Å². The first-order valence-electron chi connectivity index (χ1n) is 5.05. The molecule has 0 radical (unpaired) electrons. The number of nitriles is 1. The number of rotatable bonds is 3. The van der Waals surface area contributed by atoms with E-state index in [4.69, 9.17) is 5.26 Å². The maximum Gasteiger partial charge on any atom is 0.217 e. The Balaban J connectivity index is 1.86. The van der Waals surface area contributed by atoms with Gasteiger partial charge in [0.15, 0.2) is 5.16 Å². The Morgan fingerprint density at radius 1 is 1.47 bits per heavy atom. The molecule has 0 spiro atoms. The van der Waals surface area contributed by atoms with Gasteiger partial charge >= 0.3 is 0 Å². The molecule has 0 aromatic carbocycles. The fourth-order valence-electron chi connectivity index (χ4n) is 1.33. The molecule has 0 aliphatic heterocycles. The van der Waals surface area contributed by atoms with E-state index in [-0.39, 0.29) is 0 Å². The van der Waals surface area contributed by atoms with Crippen LogP contribution in [-0.4, -0.2) is 30.2 Å². The van der Waals surface area contributed by atoms with Crippen molar-refractivity contribution in [3.8, 4) is 6.07 Å². The molecule has 2 aromatic rings. The maximum atomic E-state index is 8.75. The van der Waals surface area contributed by atoms with Gasteiger partial charge in [0.1, 0.15) is 11.8 Å². The summed E-state index contributed by atoms with van der Waals surface area (Å²) in [6.45, 7) is 0. The second kappa shape index (κ2) is 4.10. The average molecular weight is 245 g/mol. The largest absolute Gasteiger partial charge is 0.231 e. The Bertz CT molecular complexity index is 583. The van der Waals surface area contributed by atoms with Gasteiger partial charge in [-0.2, -0.15) is 5.26 Å². The van der Waals surface area contributed by atoms with Gasteiger partial charge in [-0.3, -0.25) is 0 Å². The molecule has 0 atom stereocenters. The summed E-state index contributed by atoms with van der Waals surface area (Å²) in [5, 5.41) is 21.4. The monoisotopic (exact) mass is 245 g/mol. The third-order valence-corrected chi connectivity index (χ3v) is 3.12. The summed E-state index contributed by atoms with van der Waals surface area (Å²) in [6, 6.07) is 3.95. The molecule has 7 nitrogen and oxygen atoms in total. The van der Waals surface area contributed by atoms with Crippen molar-refractivity contribution in [1.29, 1.82) is 5.26 Å². The van der Waals surface area contributed by atoms with E-state index >= 15 is 0 Å². The fraction of sp³-hybridized carbons (Fsp3) is 0.333. The lowest BCUT2D eigenvalue weighted by molar-refractivity contribution is 0.565. The van der Waals surface area contributed by atoms with E-state index in [2.05, 4.69) is 25.5 Å². The van der Waals surface area contributed by atoms with E-state index < -0.39 is 0 Å². The topological polar surface area (TPSA) is 93.2 Å². The first-order valence-corrected chi connectivity index (χ1v) is 5.87. The molecule has 0 bridgehead atoms. The SMILES string of the molecule is N#Cc1ccnc(Sc2nnnn2C2CC2)n1. The highest BCUT2D eigenvalue weighted by atomic mass is 32.2. The molecule has 0 unspecified atom stereocenters. The minimum absolute atomic E-state index is 0.341. The number of aromatic nitrogens is 6. The maximum absolute atomic E-state index is 8.75. The van der Waals surface area contributed by atoms with Crippen LogP contribution in [0.5, 0.6) is 0 Å². The van der Waals surface area contributed by atoms with Gasteiger partial charge in [0.25, 0.3) is 0 Å². The Hall–Kier alpha value is -2.01. The molecule has 17 heavy (non-hydrogen) atoms. The number of tetrazole rings is 1. The summed E-state index contributed by atoms with van der Waals surface area (Å²) in [4.78, 5) is 8.14. The molecule has 0 amide bonds. The quantitative estimate of drug-likeness (QED) is 0.739. The van der Waals surface area contributed by atoms with Crippen molar-refractivity contribution in [2.75, 3.05) is 0 Å². The summed E-state index contributed by atoms with van der Waals surface area (Å²) in [7, 11) is 0. The van der Waals surface area contributed by atoms with E-state index in [9.17, 15) is 0 Å². The van der Waals surface area contributed by atoms with Crippen molar-refractivity contribution in [2.24, 2.45) is 0 Å². The van der Waals surface area contributed by atoms with Crippen LogP contribution in [0.4, 0.5) is 0 Å². The molecule has 1 aliphatic rings. The summed E-state index contributed by atoms with van der Waals surface area (Å²) in [5.41, 5.74) is 0.341. The highest BCUT2D eigenvalue weighted by molar-refractivity contribution is 7.99. The van der Waals surface area contributed by atoms with Crippen molar-refractivity contribution >= 4 is 11.8 Å². The lowest BCUT2D eigenvalue weighted by Gasteiger charge is -2.00. The van der Waals surface area contributed by atoms with Crippen LogP contribution >= 0.6 is 11.8 Å². The van der Waals surface area contributed by atoms with Gasteiger partial charge in [-0.1, -0.05) is 0 Å². The van der Waals surface area contributed by atoms with Gasteiger partial charge in [-0.15, -0.1) is 5.10 Å². The van der Waals surface area contributed by atoms with Crippen LogP contribution in [0.3, 0.4) is 0 Å². The summed E-state index contributed by atoms with van der Waals surface area (Å²) < 4.78 is 1.78. The van der Waals surface area contributed by atoms with Crippen LogP contribution in [0.2, 0.25) is 0 Å². The van der Waals surface area contributed by atoms with Crippen molar-refractivity contribution < 1.29 is 0 Å². The van der Waals surface area contributed by atoms with Gasteiger partial charge in [0, 0.05) is 6.20 Å². The predicted octanol–water partition coefficient (Wildman–Crippen LogP) is 0.821. The molecule has 8 heteroatoms. The Morgan fingerprint density at radius 2 is 2.35 bits per heavy atom. The van der Waals surface area contributed by atoms with Crippen molar-refractivity contribution in [3.05, 3.63) is 18.0 Å². The fourth-order valence-corrected chi connectivity index (χ4v) is 2.11. The molecule has 1 saturated carbocycles. The number of nitrogens with zero attached hydrogens (tertiary/aromatic N) is 7. The lowest BCUT2D eigenvalue weighted by Crippen LogP contribution is -1.99. The van der Waals surface area contributed by atoms with Gasteiger partial charge in [-0.25, -0.2) is 14.6 Å². The molecule has 0 N–H and O–H groups in total. The molecular formula is C9H7N7S. The molecule has 1 aliphatic carbocycles. The van der Waals surface area contributed by atoms with Gasteiger partial charge in [-0.05, 0) is 41.1 Å². The molecule has 3 rings (SSSR count). The zero-order valence-corrected chi connectivity index (χ0v) is 9.50. The molecule has 2 aromatic heterocycles. The Labute approximate surface area is 101 Å². The van der Waals surface area contributed by atoms with Crippen LogP contribution in [0.25, 0.3) is 0 Å². The summed E-state index contributed by atoms with van der Waals surface area (Å²) >= 11 is 1.27. The van der Waals surface area contributed by atoms with E-state index in [1.54, 1.807) is 16.9 Å². The van der Waals surface area contributed by atoms with E-state index in [0.29, 0.717) is 22.0 Å². The second-order valence-electron chi connectivity index (χ2n) is 3.58. The summed E-state index contributed by atoms with van der Waals surface area (Å²) in [5.74, 6) is 0. The smallest absolute Gasteiger partial charge is 0.217 e. The van der Waals surface area contributed by atoms with Crippen LogP contribution < -0.4 is 0 Å². The third-order valence-electron chi connectivity index (χ3n) is 2.29. The van der Waals surface area contributed by atoms with Gasteiger partial charge in [0.05, 0.1) is 6.04 Å². The van der Waals surface area contributed by atoms with Crippen LogP contribution in [-0.2, 0) is 0 Å². The second-order valence-corrected chi connectivity index (χ2v) is 4.51. The summed E-state index contributed by atoms with van der Waals surface area (Å²) in [6.07, 6.45) is 3.77. The number of hydrogen-bond acceptors (Lipinski definition) is 7. The highest BCUT2D eigenvalue weighted by Crippen LogP contribution is 2.37. The predicted molar refractivity (Wildman–Crippen MR) is 57.0 cm³/mol. The zero-order valence-electron chi connectivity index (χ0n) is 8.69. The van der Waals surface area contributed by atoms with Crippen molar-refractivity contribution in [1.82, 2.24) is 30.2 Å². The minimum atomic E-state index is 0.341. The molecule has 84 valence electrons. The number of hydrogen-bond donors (Lipinski definition) is 0. The minimum Gasteiger partial charge on any atom is -0.231 e. The molecular weight excluding hydrogens is 238 g/mol. The van der Waals surface area contributed by atoms with Gasteiger partial charge < -0.3 is 0 Å². The van der Waals surface area contributed by atoms with Crippen molar-refractivity contribution in [2.45, 2.75) is 29.2 Å². The normalized spacial score (nSPS) is 14.5. The Kier molecular flexibility index (Phi) is 2.45. The Morgan fingerprint density at radius 3 is 3.12 bits per heavy atom. The molecule has 2 heterocycles. The van der Waals surface area contributed by atoms with Crippen LogP contribution in [0.1, 0.15) is 24.6 Å². The van der Waals surface area contributed by atoms with Crippen LogP contribution in [0.15, 0.2) is 22.6 Å². The van der Waals surface area contributed by atoms with E-state index in [0.717, 1.165) is 12.8 Å². The lowest BCUT2D eigenvalue weighted by atomic mass is 10.5. The van der Waals surface area contributed by atoms with Gasteiger partial charge in [0.2, 0.25) is 5.16 Å². The van der Waals surface area contributed by atoms with Crippen LogP contribution in [0, 0.1) is 11.3 Å². The first kappa shape index (κ1) is 10.2. The standard InChI is InChI=1S/C9H7N7S/c10-5-6-3-4-11-8(12-6)17-9-13-14-15-16(9)7-1-2-7/h3-4,7H,1-2H2. The highest BCUT2D eigenvalue weighted by Gasteiger charge is 2.28. The molecule has 1 fully saturated rings. The average Bonchev–Trinajstić information content (AvgIpc) is 3.11. The van der Waals surface area contributed by atoms with Crippen molar-refractivity contribution in [3.63, 3.8) is 0 Å². The third kappa shape index (κ3) is 2.09.